The van der Waals surface area contributed by atoms with E-state index in [0.29, 0.717) is 19.6 Å². The number of nitrogens with one attached hydrogen (secondary N) is 1. The van der Waals surface area contributed by atoms with Gasteiger partial charge in [-0.3, -0.25) is 0 Å². The van der Waals surface area contributed by atoms with Gasteiger partial charge in [0.15, 0.2) is 0 Å². The molecule has 0 aromatic carbocycles. The molecular weight excluding hydrogens is 292 g/mol. The Morgan fingerprint density at radius 3 is 2.83 bits per heavy atom. The molecule has 3 heterocycles. The molecule has 0 radical (unpaired) electrons. The number of carbonyl (C=O) groups excluding carboxylic acids is 1. The van der Waals surface area contributed by atoms with E-state index in [1.807, 2.05) is 13.0 Å². The van der Waals surface area contributed by atoms with Crippen LogP contribution in [0.3, 0.4) is 0 Å². The van der Waals surface area contributed by atoms with Gasteiger partial charge in [-0.2, -0.15) is 0 Å². The highest BCUT2D eigenvalue weighted by Gasteiger charge is 2.23. The molecule has 1 atom stereocenters. The van der Waals surface area contributed by atoms with Crippen LogP contribution in [0, 0.1) is 6.92 Å². The number of aliphatic hydroxyl groups excluding tert-OH is 1. The number of pyridine rings is 1. The number of aryl methyl sites for hydroxylation is 1. The molecule has 126 valence electrons. The van der Waals surface area contributed by atoms with Crippen molar-refractivity contribution in [3.63, 3.8) is 0 Å². The van der Waals surface area contributed by atoms with Crippen LogP contribution in [0.1, 0.15) is 36.9 Å². The molecule has 0 bridgehead atoms. The van der Waals surface area contributed by atoms with Gasteiger partial charge < -0.3 is 20.2 Å². The SMILES string of the molecule is Cc1ccc(CNC(=O)N2CCCC(O)C2)c(N2CCCC2)n1. The highest BCUT2D eigenvalue weighted by atomic mass is 16.3. The summed E-state index contributed by atoms with van der Waals surface area (Å²) >= 11 is 0. The maximum atomic E-state index is 12.3. The fourth-order valence-electron chi connectivity index (χ4n) is 3.33. The van der Waals surface area contributed by atoms with Crippen molar-refractivity contribution in [3.8, 4) is 0 Å². The molecule has 2 aliphatic heterocycles. The second kappa shape index (κ2) is 7.17. The van der Waals surface area contributed by atoms with Crippen molar-refractivity contribution >= 4 is 11.8 Å². The fourth-order valence-corrected chi connectivity index (χ4v) is 3.33. The second-order valence-corrected chi connectivity index (χ2v) is 6.53. The summed E-state index contributed by atoms with van der Waals surface area (Å²) in [4.78, 5) is 21.0. The lowest BCUT2D eigenvalue weighted by molar-refractivity contribution is 0.0842. The van der Waals surface area contributed by atoms with E-state index in [-0.39, 0.29) is 6.03 Å². The molecule has 2 aliphatic rings. The van der Waals surface area contributed by atoms with E-state index in [1.165, 1.54) is 12.8 Å². The van der Waals surface area contributed by atoms with Crippen LogP contribution in [0.15, 0.2) is 12.1 Å². The van der Waals surface area contributed by atoms with Crippen LogP contribution in [0.4, 0.5) is 10.6 Å². The summed E-state index contributed by atoms with van der Waals surface area (Å²) in [5.74, 6) is 1.00. The quantitative estimate of drug-likeness (QED) is 0.889. The minimum atomic E-state index is -0.393. The number of β-amino-alcohol motifs (C(OH)–C–C–N with tert-alkyl or cyclic N) is 1. The number of carbonyl (C=O) groups is 1. The number of hydrogen-bond donors (Lipinski definition) is 2. The van der Waals surface area contributed by atoms with Gasteiger partial charge in [0.1, 0.15) is 5.82 Å². The van der Waals surface area contributed by atoms with Crippen LogP contribution in [0.5, 0.6) is 0 Å². The molecule has 0 aliphatic carbocycles. The highest BCUT2D eigenvalue weighted by Crippen LogP contribution is 2.23. The highest BCUT2D eigenvalue weighted by molar-refractivity contribution is 5.74. The zero-order chi connectivity index (χ0) is 16.2. The Morgan fingerprint density at radius 1 is 1.30 bits per heavy atom. The fraction of sp³-hybridized carbons (Fsp3) is 0.647. The van der Waals surface area contributed by atoms with Gasteiger partial charge in [-0.1, -0.05) is 6.07 Å². The van der Waals surface area contributed by atoms with E-state index in [1.54, 1.807) is 4.90 Å². The summed E-state index contributed by atoms with van der Waals surface area (Å²) in [6, 6.07) is 3.95. The van der Waals surface area contributed by atoms with Crippen molar-refractivity contribution in [1.29, 1.82) is 0 Å². The van der Waals surface area contributed by atoms with Gasteiger partial charge in [0.2, 0.25) is 0 Å². The van der Waals surface area contributed by atoms with E-state index < -0.39 is 6.10 Å². The third-order valence-corrected chi connectivity index (χ3v) is 4.61. The molecule has 1 unspecified atom stereocenters. The number of piperidine rings is 1. The molecule has 0 saturated carbocycles. The molecule has 6 heteroatoms. The van der Waals surface area contributed by atoms with Crippen molar-refractivity contribution in [2.24, 2.45) is 0 Å². The number of likely N-dealkylation sites (tertiary alicyclic amines) is 1. The van der Waals surface area contributed by atoms with Gasteiger partial charge >= 0.3 is 6.03 Å². The number of aromatic nitrogens is 1. The number of nitrogens with zero attached hydrogens (tertiary/aromatic N) is 3. The van der Waals surface area contributed by atoms with Crippen molar-refractivity contribution < 1.29 is 9.90 Å². The van der Waals surface area contributed by atoms with Crippen LogP contribution in [0.2, 0.25) is 0 Å². The van der Waals surface area contributed by atoms with Gasteiger partial charge in [0, 0.05) is 44.0 Å². The topological polar surface area (TPSA) is 68.7 Å². The Labute approximate surface area is 137 Å². The lowest BCUT2D eigenvalue weighted by Gasteiger charge is -2.30. The molecule has 2 saturated heterocycles. The first kappa shape index (κ1) is 16.1. The molecule has 3 rings (SSSR count). The van der Waals surface area contributed by atoms with Crippen molar-refractivity contribution in [2.75, 3.05) is 31.1 Å². The largest absolute Gasteiger partial charge is 0.391 e. The molecule has 6 nitrogen and oxygen atoms in total. The van der Waals surface area contributed by atoms with Gasteiger partial charge in [0.25, 0.3) is 0 Å². The third-order valence-electron chi connectivity index (χ3n) is 4.61. The Morgan fingerprint density at radius 2 is 2.09 bits per heavy atom. The number of amides is 2. The molecule has 2 N–H and O–H groups in total. The predicted octanol–water partition coefficient (Wildman–Crippen LogP) is 1.66. The van der Waals surface area contributed by atoms with Gasteiger partial charge in [-0.25, -0.2) is 9.78 Å². The Balaban J connectivity index is 1.64. The molecule has 2 amide bonds. The zero-order valence-corrected chi connectivity index (χ0v) is 13.8. The van der Waals surface area contributed by atoms with Crippen LogP contribution >= 0.6 is 0 Å². The monoisotopic (exact) mass is 318 g/mol. The predicted molar refractivity (Wildman–Crippen MR) is 89.5 cm³/mol. The van der Waals surface area contributed by atoms with Crippen molar-refractivity contribution in [3.05, 3.63) is 23.4 Å². The van der Waals surface area contributed by atoms with Gasteiger partial charge in [-0.15, -0.1) is 0 Å². The summed E-state index contributed by atoms with van der Waals surface area (Å²) in [5, 5.41) is 12.7. The Hall–Kier alpha value is -1.82. The van der Waals surface area contributed by atoms with Crippen LogP contribution in [-0.2, 0) is 6.54 Å². The first-order valence-corrected chi connectivity index (χ1v) is 8.56. The lowest BCUT2D eigenvalue weighted by Crippen LogP contribution is -2.46. The molecular formula is C17H26N4O2. The number of hydrogen-bond acceptors (Lipinski definition) is 4. The smallest absolute Gasteiger partial charge is 0.317 e. The maximum absolute atomic E-state index is 12.3. The number of rotatable bonds is 3. The lowest BCUT2D eigenvalue weighted by atomic mass is 10.1. The summed E-state index contributed by atoms with van der Waals surface area (Å²) in [6.07, 6.45) is 3.65. The molecule has 23 heavy (non-hydrogen) atoms. The van der Waals surface area contributed by atoms with Gasteiger partial charge in [0.05, 0.1) is 6.10 Å². The first-order valence-electron chi connectivity index (χ1n) is 8.56. The molecule has 1 aromatic rings. The summed E-state index contributed by atoms with van der Waals surface area (Å²) in [7, 11) is 0. The summed E-state index contributed by atoms with van der Waals surface area (Å²) in [5.41, 5.74) is 2.06. The summed E-state index contributed by atoms with van der Waals surface area (Å²) in [6.45, 7) is 5.69. The third kappa shape index (κ3) is 3.93. The average Bonchev–Trinajstić information content (AvgIpc) is 3.07. The maximum Gasteiger partial charge on any atom is 0.317 e. The Kier molecular flexibility index (Phi) is 5.00. The Bertz CT molecular complexity index is 558. The zero-order valence-electron chi connectivity index (χ0n) is 13.8. The average molecular weight is 318 g/mol. The molecule has 2 fully saturated rings. The molecule has 0 spiro atoms. The molecule has 1 aromatic heterocycles. The van der Waals surface area contributed by atoms with E-state index >= 15 is 0 Å². The minimum absolute atomic E-state index is 0.100. The first-order chi connectivity index (χ1) is 11.1. The van der Waals surface area contributed by atoms with Crippen LogP contribution in [-0.4, -0.2) is 53.3 Å². The van der Waals surface area contributed by atoms with E-state index in [4.69, 9.17) is 0 Å². The van der Waals surface area contributed by atoms with E-state index in [9.17, 15) is 9.90 Å². The number of anilines is 1. The second-order valence-electron chi connectivity index (χ2n) is 6.53. The minimum Gasteiger partial charge on any atom is -0.391 e. The van der Waals surface area contributed by atoms with E-state index in [0.717, 1.165) is 43.0 Å². The number of aliphatic hydroxyl groups is 1. The van der Waals surface area contributed by atoms with Crippen LogP contribution < -0.4 is 10.2 Å². The van der Waals surface area contributed by atoms with Gasteiger partial charge in [-0.05, 0) is 38.7 Å². The van der Waals surface area contributed by atoms with Crippen molar-refractivity contribution in [1.82, 2.24) is 15.2 Å². The van der Waals surface area contributed by atoms with E-state index in [2.05, 4.69) is 21.3 Å². The standard InChI is InChI=1S/C17H26N4O2/c1-13-6-7-14(16(19-13)20-8-2-3-9-20)11-18-17(23)21-10-4-5-15(22)12-21/h6-7,15,22H,2-5,8-12H2,1H3,(H,18,23). The van der Waals surface area contributed by atoms with Crippen LogP contribution in [0.25, 0.3) is 0 Å². The normalized spacial score (nSPS) is 21.6. The van der Waals surface area contributed by atoms with Crippen molar-refractivity contribution in [2.45, 2.75) is 45.3 Å². The summed E-state index contributed by atoms with van der Waals surface area (Å²) < 4.78 is 0. The number of urea groups is 1.